The first-order chi connectivity index (χ1) is 9.06. The third-order valence-electron chi connectivity index (χ3n) is 3.65. The highest BCUT2D eigenvalue weighted by Crippen LogP contribution is 2.25. The SMILES string of the molecule is CC1CCC(NC(=O)c2ccccc2NC(C)C)C1. The van der Waals surface area contributed by atoms with Gasteiger partial charge in [-0.3, -0.25) is 4.79 Å². The molecule has 0 radical (unpaired) electrons. The minimum atomic E-state index is 0.0443. The molecule has 3 heteroatoms. The molecule has 1 aromatic carbocycles. The van der Waals surface area contributed by atoms with E-state index in [0.717, 1.165) is 30.0 Å². The van der Waals surface area contributed by atoms with Crippen LogP contribution in [0.5, 0.6) is 0 Å². The van der Waals surface area contributed by atoms with Crippen molar-refractivity contribution in [1.82, 2.24) is 5.32 Å². The summed E-state index contributed by atoms with van der Waals surface area (Å²) in [4.78, 5) is 12.4. The molecular formula is C16H24N2O. The van der Waals surface area contributed by atoms with Crippen LogP contribution in [0.15, 0.2) is 24.3 Å². The summed E-state index contributed by atoms with van der Waals surface area (Å²) in [6.45, 7) is 6.40. The highest BCUT2D eigenvalue weighted by molar-refractivity contribution is 5.99. The van der Waals surface area contributed by atoms with Gasteiger partial charge in [-0.05, 0) is 51.2 Å². The number of carbonyl (C=O) groups is 1. The van der Waals surface area contributed by atoms with Crippen LogP contribution in [-0.2, 0) is 0 Å². The topological polar surface area (TPSA) is 41.1 Å². The fourth-order valence-corrected chi connectivity index (χ4v) is 2.72. The largest absolute Gasteiger partial charge is 0.382 e. The summed E-state index contributed by atoms with van der Waals surface area (Å²) < 4.78 is 0. The van der Waals surface area contributed by atoms with Gasteiger partial charge in [-0.1, -0.05) is 19.1 Å². The molecule has 0 heterocycles. The van der Waals surface area contributed by atoms with Crippen LogP contribution in [0.3, 0.4) is 0 Å². The number of nitrogens with one attached hydrogen (secondary N) is 2. The lowest BCUT2D eigenvalue weighted by molar-refractivity contribution is 0.0938. The van der Waals surface area contributed by atoms with Gasteiger partial charge in [0.05, 0.1) is 5.56 Å². The molecule has 0 aromatic heterocycles. The van der Waals surface area contributed by atoms with Crippen molar-refractivity contribution < 1.29 is 4.79 Å². The maximum absolute atomic E-state index is 12.4. The average molecular weight is 260 g/mol. The molecule has 2 rings (SSSR count). The summed E-state index contributed by atoms with van der Waals surface area (Å²) in [6, 6.07) is 8.39. The molecule has 2 N–H and O–H groups in total. The van der Waals surface area contributed by atoms with Gasteiger partial charge in [0.2, 0.25) is 0 Å². The standard InChI is InChI=1S/C16H24N2O/c1-11(2)17-15-7-5-4-6-14(15)16(19)18-13-9-8-12(3)10-13/h4-7,11-13,17H,8-10H2,1-3H3,(H,18,19). The van der Waals surface area contributed by atoms with Gasteiger partial charge in [-0.2, -0.15) is 0 Å². The van der Waals surface area contributed by atoms with Gasteiger partial charge in [-0.15, -0.1) is 0 Å². The van der Waals surface area contributed by atoms with E-state index in [4.69, 9.17) is 0 Å². The summed E-state index contributed by atoms with van der Waals surface area (Å²) in [5, 5.41) is 6.49. The van der Waals surface area contributed by atoms with Crippen molar-refractivity contribution in [3.8, 4) is 0 Å². The van der Waals surface area contributed by atoms with E-state index in [-0.39, 0.29) is 5.91 Å². The predicted molar refractivity (Wildman–Crippen MR) is 79.5 cm³/mol. The number of amides is 1. The van der Waals surface area contributed by atoms with E-state index in [1.807, 2.05) is 24.3 Å². The Morgan fingerprint density at radius 3 is 2.63 bits per heavy atom. The van der Waals surface area contributed by atoms with Crippen LogP contribution in [0, 0.1) is 5.92 Å². The second-order valence-electron chi connectivity index (χ2n) is 5.93. The first-order valence-corrected chi connectivity index (χ1v) is 7.22. The lowest BCUT2D eigenvalue weighted by Crippen LogP contribution is -2.33. The van der Waals surface area contributed by atoms with Crippen LogP contribution < -0.4 is 10.6 Å². The fourth-order valence-electron chi connectivity index (χ4n) is 2.72. The Morgan fingerprint density at radius 1 is 1.26 bits per heavy atom. The Morgan fingerprint density at radius 2 is 2.00 bits per heavy atom. The Bertz CT molecular complexity index is 442. The summed E-state index contributed by atoms with van der Waals surface area (Å²) in [7, 11) is 0. The van der Waals surface area contributed by atoms with Gasteiger partial charge in [0.15, 0.2) is 0 Å². The van der Waals surface area contributed by atoms with E-state index in [1.54, 1.807) is 0 Å². The molecule has 19 heavy (non-hydrogen) atoms. The Labute approximate surface area is 115 Å². The molecule has 104 valence electrons. The molecule has 0 bridgehead atoms. The molecule has 1 aliphatic carbocycles. The number of rotatable bonds is 4. The first kappa shape index (κ1) is 13.9. The second-order valence-corrected chi connectivity index (χ2v) is 5.93. The number of benzene rings is 1. The minimum absolute atomic E-state index is 0.0443. The first-order valence-electron chi connectivity index (χ1n) is 7.22. The monoisotopic (exact) mass is 260 g/mol. The maximum Gasteiger partial charge on any atom is 0.253 e. The highest BCUT2D eigenvalue weighted by atomic mass is 16.1. The van der Waals surface area contributed by atoms with Crippen LogP contribution in [0.4, 0.5) is 5.69 Å². The molecule has 2 unspecified atom stereocenters. The normalized spacial score (nSPS) is 22.5. The van der Waals surface area contributed by atoms with Crippen LogP contribution in [-0.4, -0.2) is 18.0 Å². The summed E-state index contributed by atoms with van der Waals surface area (Å²) in [6.07, 6.45) is 3.43. The van der Waals surface area contributed by atoms with Gasteiger partial charge in [-0.25, -0.2) is 0 Å². The highest BCUT2D eigenvalue weighted by Gasteiger charge is 2.23. The van der Waals surface area contributed by atoms with Crippen molar-refractivity contribution in [1.29, 1.82) is 0 Å². The lowest BCUT2D eigenvalue weighted by Gasteiger charge is -2.17. The number of hydrogen-bond donors (Lipinski definition) is 2. The zero-order chi connectivity index (χ0) is 13.8. The molecular weight excluding hydrogens is 236 g/mol. The Kier molecular flexibility index (Phi) is 4.46. The number of hydrogen-bond acceptors (Lipinski definition) is 2. The van der Waals surface area contributed by atoms with Crippen molar-refractivity contribution in [2.24, 2.45) is 5.92 Å². The van der Waals surface area contributed by atoms with Crippen LogP contribution in [0.1, 0.15) is 50.4 Å². The number of para-hydroxylation sites is 1. The Balaban J connectivity index is 2.06. The molecule has 0 spiro atoms. The quantitative estimate of drug-likeness (QED) is 0.871. The van der Waals surface area contributed by atoms with Crippen LogP contribution >= 0.6 is 0 Å². The van der Waals surface area contributed by atoms with Gasteiger partial charge in [0.1, 0.15) is 0 Å². The van der Waals surface area contributed by atoms with Gasteiger partial charge < -0.3 is 10.6 Å². The third kappa shape index (κ3) is 3.72. The zero-order valence-electron chi connectivity index (χ0n) is 12.1. The maximum atomic E-state index is 12.4. The van der Waals surface area contributed by atoms with E-state index in [2.05, 4.69) is 31.4 Å². The van der Waals surface area contributed by atoms with Crippen LogP contribution in [0.2, 0.25) is 0 Å². The van der Waals surface area contributed by atoms with E-state index in [9.17, 15) is 4.79 Å². The van der Waals surface area contributed by atoms with E-state index in [1.165, 1.54) is 6.42 Å². The molecule has 3 nitrogen and oxygen atoms in total. The average Bonchev–Trinajstić information content (AvgIpc) is 2.74. The fraction of sp³-hybridized carbons (Fsp3) is 0.562. The summed E-state index contributed by atoms with van der Waals surface area (Å²) in [5.74, 6) is 0.775. The molecule has 1 aliphatic rings. The third-order valence-corrected chi connectivity index (χ3v) is 3.65. The zero-order valence-corrected chi connectivity index (χ0v) is 12.1. The predicted octanol–water partition coefficient (Wildman–Crippen LogP) is 3.43. The van der Waals surface area contributed by atoms with Crippen molar-refractivity contribution in [2.45, 2.75) is 52.1 Å². The molecule has 1 amide bonds. The minimum Gasteiger partial charge on any atom is -0.382 e. The molecule has 1 fully saturated rings. The van der Waals surface area contributed by atoms with E-state index >= 15 is 0 Å². The van der Waals surface area contributed by atoms with Crippen molar-refractivity contribution in [3.05, 3.63) is 29.8 Å². The smallest absolute Gasteiger partial charge is 0.253 e. The molecule has 0 saturated heterocycles. The van der Waals surface area contributed by atoms with E-state index < -0.39 is 0 Å². The lowest BCUT2D eigenvalue weighted by atomic mass is 10.1. The molecule has 1 saturated carbocycles. The van der Waals surface area contributed by atoms with E-state index in [0.29, 0.717) is 12.1 Å². The molecule has 0 aliphatic heterocycles. The summed E-state index contributed by atoms with van der Waals surface area (Å²) in [5.41, 5.74) is 1.66. The van der Waals surface area contributed by atoms with Crippen LogP contribution in [0.25, 0.3) is 0 Å². The van der Waals surface area contributed by atoms with Gasteiger partial charge in [0.25, 0.3) is 5.91 Å². The number of anilines is 1. The molecule has 1 aromatic rings. The Hall–Kier alpha value is -1.51. The van der Waals surface area contributed by atoms with Gasteiger partial charge in [0, 0.05) is 17.8 Å². The van der Waals surface area contributed by atoms with Gasteiger partial charge >= 0.3 is 0 Å². The van der Waals surface area contributed by atoms with Crippen molar-refractivity contribution in [2.75, 3.05) is 5.32 Å². The second kappa shape index (κ2) is 6.09. The summed E-state index contributed by atoms with van der Waals surface area (Å²) >= 11 is 0. The molecule has 2 atom stereocenters. The van der Waals surface area contributed by atoms with Crippen molar-refractivity contribution in [3.63, 3.8) is 0 Å². The number of carbonyl (C=O) groups excluding carboxylic acids is 1. The van der Waals surface area contributed by atoms with Crippen molar-refractivity contribution >= 4 is 11.6 Å².